The van der Waals surface area contributed by atoms with E-state index in [4.69, 9.17) is 0 Å². The summed E-state index contributed by atoms with van der Waals surface area (Å²) in [5.74, 6) is 0.101. The molecule has 0 unspecified atom stereocenters. The fourth-order valence-corrected chi connectivity index (χ4v) is 2.46. The molecule has 0 aromatic carbocycles. The molecular formula is C13H14F3N3O. The van der Waals surface area contributed by atoms with E-state index in [1.54, 1.807) is 5.01 Å². The van der Waals surface area contributed by atoms with Crippen LogP contribution >= 0.6 is 0 Å². The number of amides is 1. The van der Waals surface area contributed by atoms with Crippen LogP contribution in [-0.2, 0) is 17.5 Å². The van der Waals surface area contributed by atoms with Gasteiger partial charge in [-0.25, -0.2) is 5.43 Å². The fourth-order valence-electron chi connectivity index (χ4n) is 2.46. The van der Waals surface area contributed by atoms with Crippen molar-refractivity contribution in [2.45, 2.75) is 32.0 Å². The highest BCUT2D eigenvalue weighted by Crippen LogP contribution is 2.53. The highest BCUT2D eigenvalue weighted by Gasteiger charge is 2.55. The predicted molar refractivity (Wildman–Crippen MR) is 64.1 cm³/mol. The lowest BCUT2D eigenvalue weighted by molar-refractivity contribution is -0.137. The third-order valence-corrected chi connectivity index (χ3v) is 3.97. The summed E-state index contributed by atoms with van der Waals surface area (Å²) >= 11 is 0. The van der Waals surface area contributed by atoms with E-state index in [2.05, 4.69) is 10.4 Å². The van der Waals surface area contributed by atoms with E-state index in [-0.39, 0.29) is 17.9 Å². The van der Waals surface area contributed by atoms with Crippen molar-refractivity contribution >= 4 is 5.91 Å². The summed E-state index contributed by atoms with van der Waals surface area (Å²) in [5, 5.41) is 1.56. The monoisotopic (exact) mass is 285 g/mol. The molecule has 1 amide bonds. The lowest BCUT2D eigenvalue weighted by atomic mass is 10.1. The number of pyridine rings is 1. The number of hydrogen-bond donors (Lipinski definition) is 1. The summed E-state index contributed by atoms with van der Waals surface area (Å²) in [7, 11) is 0. The van der Waals surface area contributed by atoms with Gasteiger partial charge in [0.25, 0.3) is 0 Å². The van der Waals surface area contributed by atoms with Gasteiger partial charge in [0.2, 0.25) is 5.91 Å². The van der Waals surface area contributed by atoms with Gasteiger partial charge in [0.1, 0.15) is 0 Å². The molecule has 1 aliphatic heterocycles. The molecule has 20 heavy (non-hydrogen) atoms. The lowest BCUT2D eigenvalue weighted by Gasteiger charge is -2.17. The van der Waals surface area contributed by atoms with Crippen molar-refractivity contribution in [1.29, 1.82) is 0 Å². The predicted octanol–water partition coefficient (Wildman–Crippen LogP) is 2.12. The molecule has 1 aromatic rings. The highest BCUT2D eigenvalue weighted by molar-refractivity contribution is 5.86. The Balaban J connectivity index is 1.58. The first-order valence-corrected chi connectivity index (χ1v) is 6.48. The molecule has 4 nitrogen and oxygen atoms in total. The van der Waals surface area contributed by atoms with Crippen LogP contribution in [0.4, 0.5) is 13.2 Å². The Bertz CT molecular complexity index is 523. The summed E-state index contributed by atoms with van der Waals surface area (Å²) in [6, 6.07) is 2.32. The molecule has 0 radical (unpaired) electrons. The Morgan fingerprint density at radius 1 is 1.30 bits per heavy atom. The molecule has 1 saturated carbocycles. The molecule has 2 heterocycles. The van der Waals surface area contributed by atoms with Crippen molar-refractivity contribution in [2.24, 2.45) is 5.41 Å². The maximum absolute atomic E-state index is 12.4. The number of hydrogen-bond acceptors (Lipinski definition) is 3. The molecule has 1 spiro atoms. The van der Waals surface area contributed by atoms with E-state index in [1.165, 1.54) is 6.07 Å². The third-order valence-electron chi connectivity index (χ3n) is 3.97. The standard InChI is InChI=1S/C13H14F3N3O/c14-13(15,16)9-1-2-10(17-7-9)8-18-19-6-5-12(3-4-12)11(19)20/h1-2,7,18H,3-6,8H2. The zero-order chi connectivity index (χ0) is 14.4. The first kappa shape index (κ1) is 13.4. The maximum Gasteiger partial charge on any atom is 0.417 e. The molecule has 0 bridgehead atoms. The van der Waals surface area contributed by atoms with Gasteiger partial charge in [-0.2, -0.15) is 13.2 Å². The first-order valence-electron chi connectivity index (χ1n) is 6.48. The minimum absolute atomic E-state index is 0.101. The van der Waals surface area contributed by atoms with E-state index in [1.807, 2.05) is 0 Å². The zero-order valence-corrected chi connectivity index (χ0v) is 10.7. The van der Waals surface area contributed by atoms with E-state index >= 15 is 0 Å². The van der Waals surface area contributed by atoms with Crippen LogP contribution in [0.3, 0.4) is 0 Å². The molecule has 2 fully saturated rings. The van der Waals surface area contributed by atoms with Crippen molar-refractivity contribution in [1.82, 2.24) is 15.4 Å². The van der Waals surface area contributed by atoms with Crippen molar-refractivity contribution in [3.63, 3.8) is 0 Å². The van der Waals surface area contributed by atoms with Crippen molar-refractivity contribution < 1.29 is 18.0 Å². The molecule has 0 atom stereocenters. The number of hydrazine groups is 1. The number of nitrogens with zero attached hydrogens (tertiary/aromatic N) is 2. The van der Waals surface area contributed by atoms with Crippen LogP contribution in [0.2, 0.25) is 0 Å². The Labute approximate surface area is 113 Å². The number of halogens is 3. The number of carbonyl (C=O) groups excluding carboxylic acids is 1. The van der Waals surface area contributed by atoms with Crippen LogP contribution in [-0.4, -0.2) is 22.4 Å². The van der Waals surface area contributed by atoms with Crippen LogP contribution in [0, 0.1) is 5.41 Å². The normalized spacial score (nSPS) is 20.8. The molecule has 2 aliphatic rings. The second-order valence-electron chi connectivity index (χ2n) is 5.36. The SMILES string of the molecule is O=C1N(NCc2ccc(C(F)(F)F)cn2)CCC12CC2. The fraction of sp³-hybridized carbons (Fsp3) is 0.538. The van der Waals surface area contributed by atoms with Gasteiger partial charge >= 0.3 is 6.18 Å². The minimum atomic E-state index is -4.37. The lowest BCUT2D eigenvalue weighted by Crippen LogP contribution is -2.40. The molecule has 1 aromatic heterocycles. The Morgan fingerprint density at radius 2 is 2.05 bits per heavy atom. The van der Waals surface area contributed by atoms with Crippen LogP contribution in [0.15, 0.2) is 18.3 Å². The molecule has 1 N–H and O–H groups in total. The molecule has 108 valence electrons. The van der Waals surface area contributed by atoms with Gasteiger partial charge in [-0.15, -0.1) is 0 Å². The summed E-state index contributed by atoms with van der Waals surface area (Å²) in [6.45, 7) is 0.902. The molecular weight excluding hydrogens is 271 g/mol. The highest BCUT2D eigenvalue weighted by atomic mass is 19.4. The Hall–Kier alpha value is -1.63. The number of alkyl halides is 3. The van der Waals surface area contributed by atoms with Gasteiger partial charge in [-0.3, -0.25) is 14.8 Å². The van der Waals surface area contributed by atoms with E-state index in [9.17, 15) is 18.0 Å². The van der Waals surface area contributed by atoms with Crippen LogP contribution < -0.4 is 5.43 Å². The Morgan fingerprint density at radius 3 is 2.55 bits per heavy atom. The van der Waals surface area contributed by atoms with Crippen molar-refractivity contribution in [3.05, 3.63) is 29.6 Å². The van der Waals surface area contributed by atoms with Gasteiger partial charge in [0.15, 0.2) is 0 Å². The molecule has 3 rings (SSSR count). The zero-order valence-electron chi connectivity index (χ0n) is 10.7. The molecule has 1 aliphatic carbocycles. The quantitative estimate of drug-likeness (QED) is 0.925. The smallest absolute Gasteiger partial charge is 0.277 e. The number of rotatable bonds is 3. The van der Waals surface area contributed by atoms with Gasteiger partial charge in [0.05, 0.1) is 23.2 Å². The van der Waals surface area contributed by atoms with Gasteiger partial charge < -0.3 is 0 Å². The number of aromatic nitrogens is 1. The maximum atomic E-state index is 12.4. The van der Waals surface area contributed by atoms with Crippen molar-refractivity contribution in [2.75, 3.05) is 6.54 Å². The van der Waals surface area contributed by atoms with E-state index in [0.29, 0.717) is 12.2 Å². The van der Waals surface area contributed by atoms with E-state index in [0.717, 1.165) is 31.5 Å². The summed E-state index contributed by atoms with van der Waals surface area (Å²) in [4.78, 5) is 15.8. The van der Waals surface area contributed by atoms with Gasteiger partial charge in [-0.05, 0) is 31.4 Å². The topological polar surface area (TPSA) is 45.2 Å². The molecule has 1 saturated heterocycles. The second kappa shape index (κ2) is 4.44. The average molecular weight is 285 g/mol. The summed E-state index contributed by atoms with van der Waals surface area (Å²) < 4.78 is 37.2. The van der Waals surface area contributed by atoms with Gasteiger partial charge in [0, 0.05) is 12.7 Å². The van der Waals surface area contributed by atoms with Gasteiger partial charge in [-0.1, -0.05) is 0 Å². The molecule has 7 heteroatoms. The van der Waals surface area contributed by atoms with Crippen LogP contribution in [0.25, 0.3) is 0 Å². The first-order chi connectivity index (χ1) is 9.41. The number of carbonyl (C=O) groups is 1. The second-order valence-corrected chi connectivity index (χ2v) is 5.36. The van der Waals surface area contributed by atoms with Crippen LogP contribution in [0.5, 0.6) is 0 Å². The average Bonchev–Trinajstić information content (AvgIpc) is 3.12. The third kappa shape index (κ3) is 2.37. The van der Waals surface area contributed by atoms with E-state index < -0.39 is 11.7 Å². The number of nitrogens with one attached hydrogen (secondary N) is 1. The summed E-state index contributed by atoms with van der Waals surface area (Å²) in [5.41, 5.74) is 2.51. The summed E-state index contributed by atoms with van der Waals surface area (Å²) in [6.07, 6.45) is -0.808. The Kier molecular flexibility index (Phi) is 2.97. The largest absolute Gasteiger partial charge is 0.417 e. The van der Waals surface area contributed by atoms with Crippen molar-refractivity contribution in [3.8, 4) is 0 Å². The minimum Gasteiger partial charge on any atom is -0.277 e. The van der Waals surface area contributed by atoms with Crippen LogP contribution in [0.1, 0.15) is 30.5 Å².